The Bertz CT molecular complexity index is 1220. The number of amides is 1. The Morgan fingerprint density at radius 1 is 1.12 bits per heavy atom. The standard InChI is InChI=1S/C25H30N6O2/c1-15-9-16(2)22(17(3)10-15)31-14-29-23(26)21(25(31)33)24(32)30-19-11-18(12-27-13-19)20-7-5-4-6-8-28-20/h9-14,20,28H,4-8,26H2,1-3H3,(H,30,32)/t20-/m0/s1. The van der Waals surface area contributed by atoms with E-state index in [2.05, 4.69) is 20.6 Å². The number of aryl methyl sites for hydroxylation is 3. The first-order chi connectivity index (χ1) is 15.8. The van der Waals surface area contributed by atoms with E-state index in [-0.39, 0.29) is 17.4 Å². The van der Waals surface area contributed by atoms with Gasteiger partial charge in [0.15, 0.2) is 0 Å². The van der Waals surface area contributed by atoms with Crippen LogP contribution < -0.4 is 21.9 Å². The van der Waals surface area contributed by atoms with Crippen molar-refractivity contribution >= 4 is 17.4 Å². The molecular formula is C25H30N6O2. The molecule has 0 aliphatic carbocycles. The highest BCUT2D eigenvalue weighted by atomic mass is 16.2. The molecule has 0 saturated carbocycles. The first kappa shape index (κ1) is 22.7. The van der Waals surface area contributed by atoms with E-state index in [0.29, 0.717) is 11.4 Å². The maximum atomic E-state index is 13.3. The third-order valence-corrected chi connectivity index (χ3v) is 6.08. The van der Waals surface area contributed by atoms with Crippen molar-refractivity contribution in [3.05, 3.63) is 75.1 Å². The topological polar surface area (TPSA) is 115 Å². The second kappa shape index (κ2) is 9.54. The SMILES string of the molecule is Cc1cc(C)c(-n2cnc(N)c(C(=O)Nc3cncc([C@@H]4CCCCCN4)c3)c2=O)c(C)c1. The van der Waals surface area contributed by atoms with Gasteiger partial charge in [-0.05, 0) is 62.9 Å². The summed E-state index contributed by atoms with van der Waals surface area (Å²) < 4.78 is 1.39. The summed E-state index contributed by atoms with van der Waals surface area (Å²) in [5.41, 5.74) is 10.4. The van der Waals surface area contributed by atoms with Gasteiger partial charge in [-0.2, -0.15) is 0 Å². The molecule has 1 fully saturated rings. The van der Waals surface area contributed by atoms with E-state index in [1.807, 2.05) is 45.2 Å². The molecule has 4 rings (SSSR count). The number of hydrogen-bond donors (Lipinski definition) is 3. The Labute approximate surface area is 193 Å². The fourth-order valence-corrected chi connectivity index (χ4v) is 4.62. The van der Waals surface area contributed by atoms with E-state index in [9.17, 15) is 9.59 Å². The van der Waals surface area contributed by atoms with Crippen molar-refractivity contribution in [3.63, 3.8) is 0 Å². The first-order valence-electron chi connectivity index (χ1n) is 11.3. The molecule has 1 aromatic carbocycles. The highest BCUT2D eigenvalue weighted by Crippen LogP contribution is 2.24. The summed E-state index contributed by atoms with van der Waals surface area (Å²) >= 11 is 0. The van der Waals surface area contributed by atoms with E-state index in [1.165, 1.54) is 17.3 Å². The van der Waals surface area contributed by atoms with Crippen molar-refractivity contribution in [1.29, 1.82) is 0 Å². The lowest BCUT2D eigenvalue weighted by Gasteiger charge is -2.17. The van der Waals surface area contributed by atoms with Crippen LogP contribution in [0.25, 0.3) is 5.69 Å². The van der Waals surface area contributed by atoms with Crippen molar-refractivity contribution in [3.8, 4) is 5.69 Å². The number of hydrogen-bond acceptors (Lipinski definition) is 6. The van der Waals surface area contributed by atoms with Gasteiger partial charge in [-0.25, -0.2) is 4.98 Å². The van der Waals surface area contributed by atoms with Crippen LogP contribution in [-0.4, -0.2) is 27.0 Å². The molecule has 4 N–H and O–H groups in total. The summed E-state index contributed by atoms with van der Waals surface area (Å²) in [6.07, 6.45) is 9.29. The Balaban J connectivity index is 1.65. The number of nitrogens with two attached hydrogens (primary N) is 1. The van der Waals surface area contributed by atoms with Gasteiger partial charge < -0.3 is 16.4 Å². The van der Waals surface area contributed by atoms with Crippen LogP contribution in [0.3, 0.4) is 0 Å². The van der Waals surface area contributed by atoms with Gasteiger partial charge in [0.05, 0.1) is 17.6 Å². The van der Waals surface area contributed by atoms with Gasteiger partial charge in [-0.1, -0.05) is 30.5 Å². The average molecular weight is 447 g/mol. The second-order valence-electron chi connectivity index (χ2n) is 8.74. The third-order valence-electron chi connectivity index (χ3n) is 6.08. The first-order valence-corrected chi connectivity index (χ1v) is 11.3. The van der Waals surface area contributed by atoms with Gasteiger partial charge >= 0.3 is 0 Å². The van der Waals surface area contributed by atoms with E-state index in [1.54, 1.807) is 6.20 Å². The Hall–Kier alpha value is -3.52. The Morgan fingerprint density at radius 2 is 1.88 bits per heavy atom. The van der Waals surface area contributed by atoms with E-state index >= 15 is 0 Å². The van der Waals surface area contributed by atoms with Gasteiger partial charge in [0.2, 0.25) is 0 Å². The van der Waals surface area contributed by atoms with E-state index < -0.39 is 11.5 Å². The monoisotopic (exact) mass is 446 g/mol. The maximum Gasteiger partial charge on any atom is 0.272 e. The van der Waals surface area contributed by atoms with Gasteiger partial charge in [-0.3, -0.25) is 19.1 Å². The molecule has 3 heterocycles. The Morgan fingerprint density at radius 3 is 2.64 bits per heavy atom. The minimum absolute atomic E-state index is 0.106. The zero-order chi connectivity index (χ0) is 23.5. The fourth-order valence-electron chi connectivity index (χ4n) is 4.62. The normalized spacial score (nSPS) is 16.3. The molecule has 3 aromatic rings. The summed E-state index contributed by atoms with van der Waals surface area (Å²) in [5.74, 6) is -0.708. The molecule has 1 saturated heterocycles. The van der Waals surface area contributed by atoms with Crippen LogP contribution in [0.15, 0.2) is 41.7 Å². The van der Waals surface area contributed by atoms with Crippen LogP contribution >= 0.6 is 0 Å². The minimum Gasteiger partial charge on any atom is -0.383 e. The van der Waals surface area contributed by atoms with Crippen molar-refractivity contribution in [1.82, 2.24) is 19.9 Å². The zero-order valence-electron chi connectivity index (χ0n) is 19.3. The van der Waals surface area contributed by atoms with Crippen molar-refractivity contribution in [2.75, 3.05) is 17.6 Å². The molecule has 0 bridgehead atoms. The molecule has 1 aliphatic rings. The molecule has 172 valence electrons. The van der Waals surface area contributed by atoms with Gasteiger partial charge in [0.25, 0.3) is 11.5 Å². The summed E-state index contributed by atoms with van der Waals surface area (Å²) in [6.45, 7) is 6.82. The van der Waals surface area contributed by atoms with Crippen LogP contribution in [0, 0.1) is 20.8 Å². The van der Waals surface area contributed by atoms with Gasteiger partial charge in [0.1, 0.15) is 17.7 Å². The van der Waals surface area contributed by atoms with Crippen LogP contribution in [-0.2, 0) is 0 Å². The molecule has 8 nitrogen and oxygen atoms in total. The van der Waals surface area contributed by atoms with Crippen molar-refractivity contribution < 1.29 is 4.79 Å². The van der Waals surface area contributed by atoms with Crippen LogP contribution in [0.2, 0.25) is 0 Å². The number of nitrogens with zero attached hydrogens (tertiary/aromatic N) is 3. The second-order valence-corrected chi connectivity index (χ2v) is 8.74. The lowest BCUT2D eigenvalue weighted by molar-refractivity contribution is 0.102. The number of carbonyl (C=O) groups excluding carboxylic acids is 1. The molecule has 1 aliphatic heterocycles. The molecule has 0 unspecified atom stereocenters. The van der Waals surface area contributed by atoms with Crippen LogP contribution in [0.4, 0.5) is 11.5 Å². The van der Waals surface area contributed by atoms with E-state index in [0.717, 1.165) is 48.1 Å². The summed E-state index contributed by atoms with van der Waals surface area (Å²) in [6, 6.07) is 6.07. The summed E-state index contributed by atoms with van der Waals surface area (Å²) in [4.78, 5) is 34.9. The lowest BCUT2D eigenvalue weighted by Crippen LogP contribution is -2.31. The highest BCUT2D eigenvalue weighted by Gasteiger charge is 2.21. The summed E-state index contributed by atoms with van der Waals surface area (Å²) in [7, 11) is 0. The van der Waals surface area contributed by atoms with Gasteiger partial charge in [-0.15, -0.1) is 0 Å². The number of aromatic nitrogens is 3. The fraction of sp³-hybridized carbons (Fsp3) is 0.360. The molecule has 1 amide bonds. The number of pyridine rings is 1. The molecule has 1 atom stereocenters. The zero-order valence-corrected chi connectivity index (χ0v) is 19.3. The number of nitrogen functional groups attached to an aromatic ring is 1. The van der Waals surface area contributed by atoms with E-state index in [4.69, 9.17) is 5.73 Å². The number of rotatable bonds is 4. The number of carbonyl (C=O) groups is 1. The average Bonchev–Trinajstić information content (AvgIpc) is 3.04. The Kier molecular flexibility index (Phi) is 6.55. The molecule has 2 aromatic heterocycles. The lowest BCUT2D eigenvalue weighted by atomic mass is 10.0. The molecule has 33 heavy (non-hydrogen) atoms. The molecular weight excluding hydrogens is 416 g/mol. The predicted molar refractivity (Wildman–Crippen MR) is 130 cm³/mol. The highest BCUT2D eigenvalue weighted by molar-refractivity contribution is 6.06. The number of benzene rings is 1. The minimum atomic E-state index is -0.602. The van der Waals surface area contributed by atoms with Gasteiger partial charge in [0, 0.05) is 12.2 Å². The quantitative estimate of drug-likeness (QED) is 0.564. The largest absolute Gasteiger partial charge is 0.383 e. The number of anilines is 2. The molecule has 8 heteroatoms. The van der Waals surface area contributed by atoms with Crippen LogP contribution in [0.1, 0.15) is 64.3 Å². The molecule has 0 spiro atoms. The predicted octanol–water partition coefficient (Wildman–Crippen LogP) is 3.59. The van der Waals surface area contributed by atoms with Crippen LogP contribution in [0.5, 0.6) is 0 Å². The van der Waals surface area contributed by atoms with Crippen molar-refractivity contribution in [2.24, 2.45) is 0 Å². The third kappa shape index (κ3) is 4.80. The maximum absolute atomic E-state index is 13.3. The number of nitrogens with one attached hydrogen (secondary N) is 2. The summed E-state index contributed by atoms with van der Waals surface area (Å²) in [5, 5.41) is 6.32. The molecule has 0 radical (unpaired) electrons. The smallest absolute Gasteiger partial charge is 0.272 e. The van der Waals surface area contributed by atoms with Crippen molar-refractivity contribution in [2.45, 2.75) is 52.5 Å².